The topological polar surface area (TPSA) is 49.3 Å². The Balaban J connectivity index is 2.46. The molecule has 0 saturated heterocycles. The second kappa shape index (κ2) is 6.00. The molecule has 0 aliphatic heterocycles. The van der Waals surface area contributed by atoms with E-state index in [9.17, 15) is 4.21 Å². The monoisotopic (exact) mass is 227 g/mol. The quantitative estimate of drug-likeness (QED) is 0.785. The Hall–Kier alpha value is -0.710. The number of rotatable bonds is 5. The van der Waals surface area contributed by atoms with Gasteiger partial charge in [-0.05, 0) is 24.6 Å². The normalized spacial score (nSPS) is 14.9. The number of aliphatic hydroxyl groups excluding tert-OH is 1. The van der Waals surface area contributed by atoms with Crippen LogP contribution in [0, 0.1) is 0 Å². The molecular weight excluding hydrogens is 210 g/mol. The maximum atomic E-state index is 11.1. The van der Waals surface area contributed by atoms with E-state index < -0.39 is 10.8 Å². The van der Waals surface area contributed by atoms with Crippen molar-refractivity contribution in [1.29, 1.82) is 0 Å². The maximum absolute atomic E-state index is 11.1. The zero-order valence-electron chi connectivity index (χ0n) is 9.06. The summed E-state index contributed by atoms with van der Waals surface area (Å²) >= 11 is 0. The van der Waals surface area contributed by atoms with Gasteiger partial charge in [0.05, 0.1) is 6.10 Å². The molecule has 2 atom stereocenters. The molecule has 0 spiro atoms. The molecule has 0 aromatic heterocycles. The molecule has 3 nitrogen and oxygen atoms in total. The van der Waals surface area contributed by atoms with Crippen LogP contribution < -0.4 is 5.32 Å². The van der Waals surface area contributed by atoms with E-state index in [-0.39, 0.29) is 6.10 Å². The first-order chi connectivity index (χ1) is 7.09. The van der Waals surface area contributed by atoms with E-state index >= 15 is 0 Å². The first-order valence-electron chi connectivity index (χ1n) is 4.90. The minimum atomic E-state index is -0.911. The fourth-order valence-corrected chi connectivity index (χ4v) is 1.74. The molecule has 1 unspecified atom stereocenters. The summed E-state index contributed by atoms with van der Waals surface area (Å²) in [6, 6.07) is 7.64. The molecule has 0 aliphatic rings. The first-order valence-corrected chi connectivity index (χ1v) is 6.46. The van der Waals surface area contributed by atoms with Crippen LogP contribution in [0.2, 0.25) is 0 Å². The summed E-state index contributed by atoms with van der Waals surface area (Å²) in [4.78, 5) is 0.842. The third kappa shape index (κ3) is 4.55. The summed E-state index contributed by atoms with van der Waals surface area (Å²) in [6.45, 7) is 3.05. The van der Waals surface area contributed by atoms with Crippen LogP contribution in [0.3, 0.4) is 0 Å². The van der Waals surface area contributed by atoms with Crippen LogP contribution in [0.25, 0.3) is 0 Å². The minimum absolute atomic E-state index is 0.326. The smallest absolute Gasteiger partial charge is 0.0636 e. The first kappa shape index (κ1) is 12.4. The Morgan fingerprint density at radius 1 is 1.40 bits per heavy atom. The largest absolute Gasteiger partial charge is 0.392 e. The number of nitrogens with one attached hydrogen (secondary N) is 1. The molecule has 1 rings (SSSR count). The van der Waals surface area contributed by atoms with E-state index in [0.29, 0.717) is 6.54 Å². The minimum Gasteiger partial charge on any atom is -0.392 e. The zero-order chi connectivity index (χ0) is 11.3. The van der Waals surface area contributed by atoms with E-state index in [4.69, 9.17) is 5.11 Å². The summed E-state index contributed by atoms with van der Waals surface area (Å²) in [7, 11) is -0.911. The lowest BCUT2D eigenvalue weighted by molar-refractivity contribution is 0.191. The van der Waals surface area contributed by atoms with Crippen molar-refractivity contribution < 1.29 is 9.32 Å². The van der Waals surface area contributed by atoms with Crippen molar-refractivity contribution in [3.63, 3.8) is 0 Å². The molecule has 1 aromatic carbocycles. The van der Waals surface area contributed by atoms with Gasteiger partial charge >= 0.3 is 0 Å². The Kier molecular flexibility index (Phi) is 4.94. The van der Waals surface area contributed by atoms with E-state index in [1.54, 1.807) is 13.2 Å². The summed E-state index contributed by atoms with van der Waals surface area (Å²) in [5.74, 6) is 0. The molecule has 0 heterocycles. The van der Waals surface area contributed by atoms with Crippen molar-refractivity contribution in [2.75, 3.05) is 12.8 Å². The lowest BCUT2D eigenvalue weighted by Gasteiger charge is -2.07. The molecule has 0 aliphatic carbocycles. The lowest BCUT2D eigenvalue weighted by atomic mass is 10.2. The van der Waals surface area contributed by atoms with Gasteiger partial charge in [-0.1, -0.05) is 12.1 Å². The van der Waals surface area contributed by atoms with E-state index in [1.165, 1.54) is 0 Å². The highest BCUT2D eigenvalue weighted by Crippen LogP contribution is 2.07. The summed E-state index contributed by atoms with van der Waals surface area (Å²) < 4.78 is 11.1. The second-order valence-electron chi connectivity index (χ2n) is 3.58. The molecule has 0 amide bonds. The Labute approximate surface area is 93.0 Å². The van der Waals surface area contributed by atoms with Crippen molar-refractivity contribution in [1.82, 2.24) is 5.32 Å². The van der Waals surface area contributed by atoms with Gasteiger partial charge in [0.1, 0.15) is 0 Å². The molecule has 84 valence electrons. The van der Waals surface area contributed by atoms with Gasteiger partial charge in [0, 0.05) is 35.0 Å². The third-order valence-corrected chi connectivity index (χ3v) is 2.96. The highest BCUT2D eigenvalue weighted by molar-refractivity contribution is 7.84. The van der Waals surface area contributed by atoms with Crippen molar-refractivity contribution in [2.45, 2.75) is 24.5 Å². The van der Waals surface area contributed by atoms with Gasteiger partial charge in [-0.25, -0.2) is 0 Å². The van der Waals surface area contributed by atoms with Gasteiger partial charge in [-0.2, -0.15) is 0 Å². The molecule has 0 radical (unpaired) electrons. The van der Waals surface area contributed by atoms with Gasteiger partial charge in [0.2, 0.25) is 0 Å². The maximum Gasteiger partial charge on any atom is 0.0636 e. The molecule has 2 N–H and O–H groups in total. The summed E-state index contributed by atoms with van der Waals surface area (Å²) in [6.07, 6.45) is 1.34. The van der Waals surface area contributed by atoms with Crippen molar-refractivity contribution in [2.24, 2.45) is 0 Å². The molecule has 0 bridgehead atoms. The van der Waals surface area contributed by atoms with E-state index in [1.807, 2.05) is 24.3 Å². The van der Waals surface area contributed by atoms with Crippen LogP contribution in [-0.2, 0) is 17.3 Å². The van der Waals surface area contributed by atoms with Crippen LogP contribution in [-0.4, -0.2) is 28.2 Å². The van der Waals surface area contributed by atoms with Gasteiger partial charge in [-0.3, -0.25) is 4.21 Å². The van der Waals surface area contributed by atoms with Crippen LogP contribution in [0.5, 0.6) is 0 Å². The molecule has 0 saturated carbocycles. The zero-order valence-corrected chi connectivity index (χ0v) is 9.88. The Bertz CT molecular complexity index is 322. The molecular formula is C11H17NO2S. The lowest BCUT2D eigenvalue weighted by Crippen LogP contribution is -2.23. The van der Waals surface area contributed by atoms with E-state index in [0.717, 1.165) is 17.0 Å². The SMILES string of the molecule is C[C@@H](O)CNCc1ccc(S(C)=O)cc1. The van der Waals surface area contributed by atoms with Gasteiger partial charge in [0.15, 0.2) is 0 Å². The fourth-order valence-electron chi connectivity index (χ4n) is 1.22. The molecule has 1 aromatic rings. The Morgan fingerprint density at radius 3 is 2.47 bits per heavy atom. The summed E-state index contributed by atoms with van der Waals surface area (Å²) in [5, 5.41) is 12.2. The highest BCUT2D eigenvalue weighted by atomic mass is 32.2. The molecule has 4 heteroatoms. The number of hydrogen-bond donors (Lipinski definition) is 2. The predicted molar refractivity (Wildman–Crippen MR) is 62.2 cm³/mol. The highest BCUT2D eigenvalue weighted by Gasteiger charge is 1.98. The number of aliphatic hydroxyl groups is 1. The van der Waals surface area contributed by atoms with Gasteiger partial charge in [0.25, 0.3) is 0 Å². The number of benzene rings is 1. The number of hydrogen-bond acceptors (Lipinski definition) is 3. The van der Waals surface area contributed by atoms with Crippen LogP contribution >= 0.6 is 0 Å². The average molecular weight is 227 g/mol. The Morgan fingerprint density at radius 2 is 2.00 bits per heavy atom. The molecule has 0 fully saturated rings. The second-order valence-corrected chi connectivity index (χ2v) is 4.96. The third-order valence-electron chi connectivity index (χ3n) is 2.02. The van der Waals surface area contributed by atoms with Crippen molar-refractivity contribution in [3.8, 4) is 0 Å². The van der Waals surface area contributed by atoms with Gasteiger partial charge in [-0.15, -0.1) is 0 Å². The van der Waals surface area contributed by atoms with Crippen molar-refractivity contribution in [3.05, 3.63) is 29.8 Å². The fraction of sp³-hybridized carbons (Fsp3) is 0.455. The van der Waals surface area contributed by atoms with Crippen LogP contribution in [0.15, 0.2) is 29.2 Å². The predicted octanol–water partition coefficient (Wildman–Crippen LogP) is 0.894. The van der Waals surface area contributed by atoms with Gasteiger partial charge < -0.3 is 10.4 Å². The van der Waals surface area contributed by atoms with Crippen LogP contribution in [0.4, 0.5) is 0 Å². The van der Waals surface area contributed by atoms with Crippen LogP contribution in [0.1, 0.15) is 12.5 Å². The molecule has 15 heavy (non-hydrogen) atoms. The standard InChI is InChI=1S/C11H17NO2S/c1-9(13)7-12-8-10-3-5-11(6-4-10)15(2)14/h3-6,9,12-13H,7-8H2,1-2H3/t9-,15?/m1/s1. The van der Waals surface area contributed by atoms with E-state index in [2.05, 4.69) is 5.32 Å². The summed E-state index contributed by atoms with van der Waals surface area (Å²) in [5.41, 5.74) is 1.13. The van der Waals surface area contributed by atoms with Crippen molar-refractivity contribution >= 4 is 10.8 Å². The average Bonchev–Trinajstić information content (AvgIpc) is 2.18.